The molecule has 2 aromatic carbocycles. The van der Waals surface area contributed by atoms with Crippen molar-refractivity contribution in [3.63, 3.8) is 0 Å². The second kappa shape index (κ2) is 8.85. The molecule has 1 N–H and O–H groups in total. The minimum absolute atomic E-state index is 0.0203. The molecule has 26 heavy (non-hydrogen) atoms. The van der Waals surface area contributed by atoms with Gasteiger partial charge in [0, 0.05) is 28.8 Å². The molecule has 1 aliphatic heterocycles. The van der Waals surface area contributed by atoms with E-state index in [1.165, 1.54) is 6.42 Å². The number of nitrogens with one attached hydrogen (secondary N) is 1. The van der Waals surface area contributed by atoms with Gasteiger partial charge in [-0.05, 0) is 61.7 Å². The van der Waals surface area contributed by atoms with Crippen LogP contribution in [-0.4, -0.2) is 36.4 Å². The Hall–Kier alpha value is -2.34. The Bertz CT molecular complexity index is 771. The van der Waals surface area contributed by atoms with Crippen molar-refractivity contribution >= 4 is 33.4 Å². The van der Waals surface area contributed by atoms with Crippen LogP contribution in [0.15, 0.2) is 53.0 Å². The molecular formula is C20H21BrN2O3. The SMILES string of the molecule is O=C(COc1ccc(Br)cc1)Nc1cccc(C(=O)N2CCCCC2)c1. The second-order valence-corrected chi connectivity index (χ2v) is 7.14. The fraction of sp³-hybridized carbons (Fsp3) is 0.300. The predicted molar refractivity (Wildman–Crippen MR) is 104 cm³/mol. The average Bonchev–Trinajstić information content (AvgIpc) is 2.68. The van der Waals surface area contributed by atoms with Crippen molar-refractivity contribution in [1.29, 1.82) is 0 Å². The summed E-state index contributed by atoms with van der Waals surface area (Å²) < 4.78 is 6.41. The number of likely N-dealkylation sites (tertiary alicyclic amines) is 1. The molecule has 0 spiro atoms. The molecule has 2 amide bonds. The van der Waals surface area contributed by atoms with Gasteiger partial charge in [-0.2, -0.15) is 0 Å². The fourth-order valence-corrected chi connectivity index (χ4v) is 3.15. The van der Waals surface area contributed by atoms with Crippen LogP contribution in [0.5, 0.6) is 5.75 Å². The summed E-state index contributed by atoms with van der Waals surface area (Å²) in [4.78, 5) is 26.5. The molecule has 0 radical (unpaired) electrons. The van der Waals surface area contributed by atoms with Crippen molar-refractivity contribution in [1.82, 2.24) is 4.90 Å². The van der Waals surface area contributed by atoms with Crippen LogP contribution in [0.25, 0.3) is 0 Å². The van der Waals surface area contributed by atoms with Crippen molar-refractivity contribution in [3.8, 4) is 5.75 Å². The number of nitrogens with zero attached hydrogens (tertiary/aromatic N) is 1. The highest BCUT2D eigenvalue weighted by molar-refractivity contribution is 9.10. The minimum Gasteiger partial charge on any atom is -0.484 e. The molecule has 0 aliphatic carbocycles. The Morgan fingerprint density at radius 2 is 1.77 bits per heavy atom. The molecule has 1 saturated heterocycles. The van der Waals surface area contributed by atoms with Gasteiger partial charge in [0.25, 0.3) is 11.8 Å². The molecule has 136 valence electrons. The summed E-state index contributed by atoms with van der Waals surface area (Å²) in [5, 5.41) is 2.78. The number of carbonyl (C=O) groups is 2. The first-order valence-electron chi connectivity index (χ1n) is 8.69. The van der Waals surface area contributed by atoms with Crippen LogP contribution in [0.3, 0.4) is 0 Å². The zero-order valence-corrected chi connectivity index (χ0v) is 16.0. The molecule has 3 rings (SSSR count). The van der Waals surface area contributed by atoms with Gasteiger partial charge in [-0.1, -0.05) is 22.0 Å². The fourth-order valence-electron chi connectivity index (χ4n) is 2.89. The Labute approximate surface area is 161 Å². The third-order valence-corrected chi connectivity index (χ3v) is 4.75. The number of ether oxygens (including phenoxy) is 1. The Morgan fingerprint density at radius 3 is 2.50 bits per heavy atom. The highest BCUT2D eigenvalue weighted by atomic mass is 79.9. The lowest BCUT2D eigenvalue weighted by molar-refractivity contribution is -0.118. The quantitative estimate of drug-likeness (QED) is 0.797. The van der Waals surface area contributed by atoms with Crippen molar-refractivity contribution < 1.29 is 14.3 Å². The van der Waals surface area contributed by atoms with E-state index in [1.807, 2.05) is 17.0 Å². The first kappa shape index (κ1) is 18.5. The smallest absolute Gasteiger partial charge is 0.262 e. The van der Waals surface area contributed by atoms with E-state index in [4.69, 9.17) is 4.74 Å². The van der Waals surface area contributed by atoms with Gasteiger partial charge in [0.15, 0.2) is 6.61 Å². The lowest BCUT2D eigenvalue weighted by atomic mass is 10.1. The summed E-state index contributed by atoms with van der Waals surface area (Å²) in [5.41, 5.74) is 1.19. The van der Waals surface area contributed by atoms with Crippen LogP contribution >= 0.6 is 15.9 Å². The van der Waals surface area contributed by atoms with E-state index in [1.54, 1.807) is 36.4 Å². The molecule has 0 unspecified atom stereocenters. The van der Waals surface area contributed by atoms with Gasteiger partial charge in [0.2, 0.25) is 0 Å². The summed E-state index contributed by atoms with van der Waals surface area (Å²) in [6.07, 6.45) is 3.28. The third-order valence-electron chi connectivity index (χ3n) is 4.22. The Balaban J connectivity index is 1.56. The van der Waals surface area contributed by atoms with E-state index >= 15 is 0 Å². The van der Waals surface area contributed by atoms with Crippen LogP contribution in [0.1, 0.15) is 29.6 Å². The van der Waals surface area contributed by atoms with Crippen LogP contribution < -0.4 is 10.1 Å². The maximum atomic E-state index is 12.6. The first-order valence-corrected chi connectivity index (χ1v) is 9.49. The molecule has 1 heterocycles. The van der Waals surface area contributed by atoms with E-state index in [-0.39, 0.29) is 18.4 Å². The largest absolute Gasteiger partial charge is 0.484 e. The zero-order valence-electron chi connectivity index (χ0n) is 14.4. The number of piperidine rings is 1. The van der Waals surface area contributed by atoms with Crippen molar-refractivity contribution in [2.24, 2.45) is 0 Å². The van der Waals surface area contributed by atoms with Crippen LogP contribution in [0.2, 0.25) is 0 Å². The molecule has 0 saturated carbocycles. The highest BCUT2D eigenvalue weighted by Gasteiger charge is 2.18. The zero-order chi connectivity index (χ0) is 18.4. The number of anilines is 1. The number of carbonyl (C=O) groups excluding carboxylic acids is 2. The van der Waals surface area contributed by atoms with Gasteiger partial charge in [0.1, 0.15) is 5.75 Å². The summed E-state index contributed by atoms with van der Waals surface area (Å²) in [6.45, 7) is 1.51. The van der Waals surface area contributed by atoms with Crippen LogP contribution in [0.4, 0.5) is 5.69 Å². The van der Waals surface area contributed by atoms with Gasteiger partial charge in [0.05, 0.1) is 0 Å². The molecule has 0 bridgehead atoms. The Kier molecular flexibility index (Phi) is 6.28. The van der Waals surface area contributed by atoms with Crippen LogP contribution in [0, 0.1) is 0 Å². The molecule has 1 fully saturated rings. The van der Waals surface area contributed by atoms with Gasteiger partial charge >= 0.3 is 0 Å². The van der Waals surface area contributed by atoms with Gasteiger partial charge in [-0.25, -0.2) is 0 Å². The molecule has 1 aliphatic rings. The van der Waals surface area contributed by atoms with Gasteiger partial charge in [-0.3, -0.25) is 9.59 Å². The van der Waals surface area contributed by atoms with E-state index < -0.39 is 0 Å². The second-order valence-electron chi connectivity index (χ2n) is 6.22. The summed E-state index contributed by atoms with van der Waals surface area (Å²) in [6, 6.07) is 14.3. The van der Waals surface area contributed by atoms with E-state index in [9.17, 15) is 9.59 Å². The monoisotopic (exact) mass is 416 g/mol. The standard InChI is InChI=1S/C20H21BrN2O3/c21-16-7-9-18(10-8-16)26-14-19(24)22-17-6-4-5-15(13-17)20(25)23-11-2-1-3-12-23/h4-10,13H,1-3,11-12,14H2,(H,22,24). The van der Waals surface area contributed by atoms with Crippen molar-refractivity contribution in [2.45, 2.75) is 19.3 Å². The van der Waals surface area contributed by atoms with E-state index in [0.29, 0.717) is 17.0 Å². The minimum atomic E-state index is -0.268. The maximum absolute atomic E-state index is 12.6. The number of halogens is 1. The molecule has 6 heteroatoms. The van der Waals surface area contributed by atoms with Crippen molar-refractivity contribution in [3.05, 3.63) is 58.6 Å². The third kappa shape index (κ3) is 5.08. The van der Waals surface area contributed by atoms with Gasteiger partial charge in [-0.15, -0.1) is 0 Å². The average molecular weight is 417 g/mol. The highest BCUT2D eigenvalue weighted by Crippen LogP contribution is 2.18. The van der Waals surface area contributed by atoms with Gasteiger partial charge < -0.3 is 15.0 Å². The van der Waals surface area contributed by atoms with E-state index in [0.717, 1.165) is 30.4 Å². The van der Waals surface area contributed by atoms with E-state index in [2.05, 4.69) is 21.2 Å². The lowest BCUT2D eigenvalue weighted by Gasteiger charge is -2.26. The maximum Gasteiger partial charge on any atom is 0.262 e. The number of hydrogen-bond acceptors (Lipinski definition) is 3. The molecular weight excluding hydrogens is 396 g/mol. The number of rotatable bonds is 5. The molecule has 0 aromatic heterocycles. The topological polar surface area (TPSA) is 58.6 Å². The number of hydrogen-bond donors (Lipinski definition) is 1. The number of amides is 2. The lowest BCUT2D eigenvalue weighted by Crippen LogP contribution is -2.35. The molecule has 5 nitrogen and oxygen atoms in total. The summed E-state index contributed by atoms with van der Waals surface area (Å²) >= 11 is 3.35. The summed E-state index contributed by atoms with van der Waals surface area (Å²) in [7, 11) is 0. The normalized spacial score (nSPS) is 14.0. The van der Waals surface area contributed by atoms with Crippen LogP contribution in [-0.2, 0) is 4.79 Å². The molecule has 2 aromatic rings. The molecule has 0 atom stereocenters. The Morgan fingerprint density at radius 1 is 1.04 bits per heavy atom. The predicted octanol–water partition coefficient (Wildman–Crippen LogP) is 4.09. The summed E-state index contributed by atoms with van der Waals surface area (Å²) in [5.74, 6) is 0.375. The van der Waals surface area contributed by atoms with Crippen molar-refractivity contribution in [2.75, 3.05) is 25.0 Å². The number of benzene rings is 2. The first-order chi connectivity index (χ1) is 12.6.